The van der Waals surface area contributed by atoms with E-state index in [1.807, 2.05) is 12.3 Å². The zero-order valence-corrected chi connectivity index (χ0v) is 17.6. The van der Waals surface area contributed by atoms with E-state index in [1.54, 1.807) is 35.9 Å². The molecule has 0 saturated heterocycles. The first-order valence-corrected chi connectivity index (χ1v) is 10.3. The van der Waals surface area contributed by atoms with Crippen LogP contribution in [-0.4, -0.2) is 42.4 Å². The SMILES string of the molecule is CN1Cc2nn(C)cc2-c2cnc3c(c2)C(=CC3)c2cn(nc2C(F)(F)F)CCCC1=O. The number of carbonyl (C=O) groups excluding carboxylic acids is 1. The number of fused-ring (bicyclic) bond motifs is 6. The van der Waals surface area contributed by atoms with Crippen molar-refractivity contribution < 1.29 is 18.0 Å². The van der Waals surface area contributed by atoms with Gasteiger partial charge in [0.25, 0.3) is 0 Å². The number of rotatable bonds is 0. The number of amides is 1. The largest absolute Gasteiger partial charge is 0.435 e. The molecule has 10 heteroatoms. The van der Waals surface area contributed by atoms with Crippen molar-refractivity contribution in [2.75, 3.05) is 7.05 Å². The van der Waals surface area contributed by atoms with E-state index in [9.17, 15) is 18.0 Å². The Bertz CT molecular complexity index is 1250. The fourth-order valence-corrected chi connectivity index (χ4v) is 4.33. The van der Waals surface area contributed by atoms with Crippen LogP contribution in [0.4, 0.5) is 13.2 Å². The Kier molecular flexibility index (Phi) is 4.68. The molecule has 1 aliphatic carbocycles. The number of aromatic nitrogens is 5. The molecule has 4 bridgehead atoms. The van der Waals surface area contributed by atoms with Gasteiger partial charge in [0, 0.05) is 74.3 Å². The highest BCUT2D eigenvalue weighted by Gasteiger charge is 2.39. The Hall–Kier alpha value is -3.43. The third kappa shape index (κ3) is 3.49. The molecular formula is C22H21F3N6O. The molecule has 3 aromatic rings. The lowest BCUT2D eigenvalue weighted by atomic mass is 9.98. The molecule has 3 aromatic heterocycles. The van der Waals surface area contributed by atoms with Gasteiger partial charge in [0.05, 0.1) is 17.9 Å². The fourth-order valence-electron chi connectivity index (χ4n) is 4.33. The maximum atomic E-state index is 13.8. The van der Waals surface area contributed by atoms with Crippen molar-refractivity contribution >= 4 is 11.5 Å². The molecule has 0 N–H and O–H groups in total. The van der Waals surface area contributed by atoms with E-state index in [0.717, 1.165) is 16.8 Å². The highest BCUT2D eigenvalue weighted by Crippen LogP contribution is 2.40. The summed E-state index contributed by atoms with van der Waals surface area (Å²) in [6.45, 7) is 0.550. The molecule has 166 valence electrons. The van der Waals surface area contributed by atoms with E-state index in [1.165, 1.54) is 10.9 Å². The lowest BCUT2D eigenvalue weighted by molar-refractivity contribution is -0.141. The predicted octanol–water partition coefficient (Wildman–Crippen LogP) is 3.44. The van der Waals surface area contributed by atoms with Gasteiger partial charge in [0.2, 0.25) is 5.91 Å². The van der Waals surface area contributed by atoms with Gasteiger partial charge < -0.3 is 4.90 Å². The molecular weight excluding hydrogens is 421 g/mol. The van der Waals surface area contributed by atoms with Gasteiger partial charge in [-0.3, -0.25) is 19.1 Å². The minimum Gasteiger partial charge on any atom is -0.340 e. The van der Waals surface area contributed by atoms with E-state index >= 15 is 0 Å². The number of pyridine rings is 1. The van der Waals surface area contributed by atoms with Gasteiger partial charge in [-0.15, -0.1) is 0 Å². The lowest BCUT2D eigenvalue weighted by Crippen LogP contribution is -2.26. The second-order valence-corrected chi connectivity index (χ2v) is 8.21. The lowest BCUT2D eigenvalue weighted by Gasteiger charge is -2.17. The summed E-state index contributed by atoms with van der Waals surface area (Å²) < 4.78 is 44.4. The maximum absolute atomic E-state index is 13.8. The van der Waals surface area contributed by atoms with Gasteiger partial charge in [-0.25, -0.2) is 0 Å². The van der Waals surface area contributed by atoms with Crippen LogP contribution < -0.4 is 0 Å². The average molecular weight is 442 g/mol. The van der Waals surface area contributed by atoms with Crippen LogP contribution in [0.5, 0.6) is 0 Å². The van der Waals surface area contributed by atoms with E-state index in [2.05, 4.69) is 15.2 Å². The summed E-state index contributed by atoms with van der Waals surface area (Å²) in [7, 11) is 3.50. The molecule has 0 fully saturated rings. The Balaban J connectivity index is 1.70. The molecule has 1 aliphatic heterocycles. The normalized spacial score (nSPS) is 16.5. The molecule has 32 heavy (non-hydrogen) atoms. The molecule has 0 saturated carbocycles. The zero-order chi connectivity index (χ0) is 22.6. The summed E-state index contributed by atoms with van der Waals surface area (Å²) in [4.78, 5) is 18.7. The number of nitrogens with zero attached hydrogens (tertiary/aromatic N) is 6. The van der Waals surface area contributed by atoms with Crippen LogP contribution in [0.15, 0.2) is 30.7 Å². The third-order valence-electron chi connectivity index (χ3n) is 5.89. The van der Waals surface area contributed by atoms with Crippen molar-refractivity contribution in [2.45, 2.75) is 38.5 Å². The predicted molar refractivity (Wildman–Crippen MR) is 110 cm³/mol. The molecule has 0 radical (unpaired) electrons. The number of halogens is 3. The summed E-state index contributed by atoms with van der Waals surface area (Å²) in [5.41, 5.74) is 3.27. The molecule has 5 rings (SSSR count). The van der Waals surface area contributed by atoms with Gasteiger partial charge in [0.15, 0.2) is 5.69 Å². The summed E-state index contributed by atoms with van der Waals surface area (Å²) in [6.07, 6.45) is 3.22. The van der Waals surface area contributed by atoms with Gasteiger partial charge in [-0.1, -0.05) is 6.08 Å². The molecule has 0 unspecified atom stereocenters. The number of hydrogen-bond donors (Lipinski definition) is 0. The zero-order valence-electron chi connectivity index (χ0n) is 17.6. The van der Waals surface area contributed by atoms with Crippen LogP contribution in [0, 0.1) is 0 Å². The fraction of sp³-hybridized carbons (Fsp3) is 0.364. The van der Waals surface area contributed by atoms with Crippen LogP contribution in [0.25, 0.3) is 16.7 Å². The number of hydrogen-bond acceptors (Lipinski definition) is 4. The van der Waals surface area contributed by atoms with Gasteiger partial charge >= 0.3 is 6.18 Å². The number of carbonyl (C=O) groups is 1. The van der Waals surface area contributed by atoms with Crippen molar-refractivity contribution in [3.63, 3.8) is 0 Å². The van der Waals surface area contributed by atoms with Crippen LogP contribution in [0.3, 0.4) is 0 Å². The second kappa shape index (κ2) is 7.32. The Labute approximate surface area is 182 Å². The Morgan fingerprint density at radius 3 is 2.62 bits per heavy atom. The molecule has 2 aliphatic rings. The first-order valence-electron chi connectivity index (χ1n) is 10.3. The van der Waals surface area contributed by atoms with Gasteiger partial charge in [-0.05, 0) is 18.1 Å². The first-order chi connectivity index (χ1) is 15.2. The quantitative estimate of drug-likeness (QED) is 0.535. The molecule has 4 heterocycles. The maximum Gasteiger partial charge on any atom is 0.435 e. The number of allylic oxidation sites excluding steroid dienone is 1. The van der Waals surface area contributed by atoms with Crippen LogP contribution in [-0.2, 0) is 37.5 Å². The summed E-state index contributed by atoms with van der Waals surface area (Å²) in [5.74, 6) is -0.101. The Morgan fingerprint density at radius 2 is 1.84 bits per heavy atom. The van der Waals surface area contributed by atoms with Gasteiger partial charge in [0.1, 0.15) is 0 Å². The monoisotopic (exact) mass is 442 g/mol. The van der Waals surface area contributed by atoms with Crippen molar-refractivity contribution in [3.8, 4) is 11.1 Å². The topological polar surface area (TPSA) is 68.8 Å². The number of aryl methyl sites for hydroxylation is 2. The average Bonchev–Trinajstić information content (AvgIpc) is 3.42. The van der Waals surface area contributed by atoms with Crippen molar-refractivity contribution in [2.24, 2.45) is 7.05 Å². The van der Waals surface area contributed by atoms with Crippen LogP contribution >= 0.6 is 0 Å². The molecule has 0 atom stereocenters. The van der Waals surface area contributed by atoms with E-state index in [-0.39, 0.29) is 24.4 Å². The molecule has 7 nitrogen and oxygen atoms in total. The van der Waals surface area contributed by atoms with E-state index < -0.39 is 11.9 Å². The second-order valence-electron chi connectivity index (χ2n) is 8.21. The van der Waals surface area contributed by atoms with E-state index in [4.69, 9.17) is 0 Å². The number of alkyl halides is 3. The first kappa shape index (κ1) is 20.5. The summed E-state index contributed by atoms with van der Waals surface area (Å²) in [6, 6.07) is 1.86. The minimum atomic E-state index is -4.59. The van der Waals surface area contributed by atoms with Crippen LogP contribution in [0.1, 0.15) is 41.1 Å². The smallest absolute Gasteiger partial charge is 0.340 e. The Morgan fingerprint density at radius 1 is 1.03 bits per heavy atom. The molecule has 0 spiro atoms. The highest BCUT2D eigenvalue weighted by atomic mass is 19.4. The van der Waals surface area contributed by atoms with Crippen LogP contribution in [0.2, 0.25) is 0 Å². The third-order valence-corrected chi connectivity index (χ3v) is 5.89. The summed E-state index contributed by atoms with van der Waals surface area (Å²) >= 11 is 0. The highest BCUT2D eigenvalue weighted by molar-refractivity contribution is 5.87. The molecule has 1 amide bonds. The van der Waals surface area contributed by atoms with Crippen molar-refractivity contribution in [1.82, 2.24) is 29.4 Å². The van der Waals surface area contributed by atoms with E-state index in [0.29, 0.717) is 36.2 Å². The molecule has 0 aromatic carbocycles. The van der Waals surface area contributed by atoms with Crippen molar-refractivity contribution in [3.05, 3.63) is 58.9 Å². The minimum absolute atomic E-state index is 0.0416. The standard InChI is InChI=1S/C22H21F3N6O/c1-29-12-19-16(10-30(2)27-19)13-8-15-14(5-6-18(15)26-9-13)17-11-31(7-3-4-20(29)32)28-21(17)22(23,24)25/h5,8-11H,3-4,6-7,12H2,1-2H3. The van der Waals surface area contributed by atoms with Crippen molar-refractivity contribution in [1.29, 1.82) is 0 Å². The summed E-state index contributed by atoms with van der Waals surface area (Å²) in [5, 5.41) is 8.34. The van der Waals surface area contributed by atoms with Gasteiger partial charge in [-0.2, -0.15) is 23.4 Å².